The SMILES string of the molecule is C[C@H](C(=O)Nc1cccc(Cl)c1)c1ccc(-c2ccccc2)c(F)c1. The van der Waals surface area contributed by atoms with Gasteiger partial charge in [-0.1, -0.05) is 60.1 Å². The molecule has 0 heterocycles. The zero-order chi connectivity index (χ0) is 17.8. The minimum atomic E-state index is -0.488. The molecule has 0 saturated heterocycles. The van der Waals surface area contributed by atoms with Gasteiger partial charge < -0.3 is 5.32 Å². The predicted molar refractivity (Wildman–Crippen MR) is 100 cm³/mol. The summed E-state index contributed by atoms with van der Waals surface area (Å²) in [6.45, 7) is 1.75. The lowest BCUT2D eigenvalue weighted by Gasteiger charge is -2.14. The monoisotopic (exact) mass is 353 g/mol. The van der Waals surface area contributed by atoms with Crippen molar-refractivity contribution in [3.8, 4) is 11.1 Å². The van der Waals surface area contributed by atoms with E-state index in [-0.39, 0.29) is 11.7 Å². The third kappa shape index (κ3) is 4.06. The normalized spacial score (nSPS) is 11.8. The zero-order valence-corrected chi connectivity index (χ0v) is 14.4. The maximum atomic E-state index is 14.5. The first-order valence-corrected chi connectivity index (χ1v) is 8.33. The predicted octanol–water partition coefficient (Wildman–Crippen LogP) is 5.89. The highest BCUT2D eigenvalue weighted by Crippen LogP contribution is 2.27. The summed E-state index contributed by atoms with van der Waals surface area (Å²) in [6, 6.07) is 21.2. The summed E-state index contributed by atoms with van der Waals surface area (Å²) in [5.74, 6) is -1.04. The zero-order valence-electron chi connectivity index (χ0n) is 13.7. The molecule has 126 valence electrons. The number of rotatable bonds is 4. The number of carbonyl (C=O) groups is 1. The van der Waals surface area contributed by atoms with Crippen molar-refractivity contribution in [2.45, 2.75) is 12.8 Å². The van der Waals surface area contributed by atoms with Crippen LogP contribution in [0.3, 0.4) is 0 Å². The quantitative estimate of drug-likeness (QED) is 0.622. The first-order chi connectivity index (χ1) is 12.0. The molecule has 1 N–H and O–H groups in total. The van der Waals surface area contributed by atoms with Gasteiger partial charge in [0.1, 0.15) is 5.82 Å². The fourth-order valence-electron chi connectivity index (χ4n) is 2.62. The standard InChI is InChI=1S/C21H17ClFNO/c1-14(21(25)24-18-9-5-8-17(22)13-18)16-10-11-19(20(23)12-16)15-6-3-2-4-7-15/h2-14H,1H3,(H,24,25)/t14-/m0/s1. The van der Waals surface area contributed by atoms with Gasteiger partial charge in [-0.05, 0) is 42.3 Å². The van der Waals surface area contributed by atoms with Crippen LogP contribution in [0.1, 0.15) is 18.4 Å². The van der Waals surface area contributed by atoms with Crippen molar-refractivity contribution >= 4 is 23.2 Å². The topological polar surface area (TPSA) is 29.1 Å². The average Bonchev–Trinajstić information content (AvgIpc) is 2.61. The van der Waals surface area contributed by atoms with E-state index in [2.05, 4.69) is 5.32 Å². The van der Waals surface area contributed by atoms with Crippen LogP contribution in [0.4, 0.5) is 10.1 Å². The van der Waals surface area contributed by atoms with Gasteiger partial charge in [0.25, 0.3) is 0 Å². The Kier molecular flexibility index (Phi) is 5.15. The molecule has 0 spiro atoms. The molecule has 2 nitrogen and oxygen atoms in total. The number of nitrogens with one attached hydrogen (secondary N) is 1. The molecule has 0 fully saturated rings. The number of amides is 1. The fourth-order valence-corrected chi connectivity index (χ4v) is 2.81. The van der Waals surface area contributed by atoms with Crippen molar-refractivity contribution in [2.75, 3.05) is 5.32 Å². The number of benzene rings is 3. The second kappa shape index (κ2) is 7.49. The molecular formula is C21H17ClFNO. The van der Waals surface area contributed by atoms with Crippen LogP contribution in [0, 0.1) is 5.82 Å². The summed E-state index contributed by atoms with van der Waals surface area (Å²) in [5.41, 5.74) is 2.57. The Morgan fingerprint density at radius 1 is 1.00 bits per heavy atom. The molecule has 0 bridgehead atoms. The first-order valence-electron chi connectivity index (χ1n) is 7.96. The maximum Gasteiger partial charge on any atom is 0.231 e. The lowest BCUT2D eigenvalue weighted by atomic mass is 9.96. The van der Waals surface area contributed by atoms with Crippen LogP contribution in [0.25, 0.3) is 11.1 Å². The molecule has 25 heavy (non-hydrogen) atoms. The van der Waals surface area contributed by atoms with Crippen LogP contribution in [-0.2, 0) is 4.79 Å². The van der Waals surface area contributed by atoms with Gasteiger partial charge in [0.15, 0.2) is 0 Å². The smallest absolute Gasteiger partial charge is 0.231 e. The lowest BCUT2D eigenvalue weighted by molar-refractivity contribution is -0.117. The van der Waals surface area contributed by atoms with Gasteiger partial charge >= 0.3 is 0 Å². The molecule has 1 amide bonds. The largest absolute Gasteiger partial charge is 0.326 e. The van der Waals surface area contributed by atoms with Crippen LogP contribution in [0.5, 0.6) is 0 Å². The van der Waals surface area contributed by atoms with E-state index in [1.165, 1.54) is 6.07 Å². The van der Waals surface area contributed by atoms with E-state index < -0.39 is 5.92 Å². The van der Waals surface area contributed by atoms with Gasteiger partial charge in [-0.3, -0.25) is 4.79 Å². The summed E-state index contributed by atoms with van der Waals surface area (Å²) < 4.78 is 14.5. The lowest BCUT2D eigenvalue weighted by Crippen LogP contribution is -2.19. The van der Waals surface area contributed by atoms with Crippen LogP contribution in [0.2, 0.25) is 5.02 Å². The molecular weight excluding hydrogens is 337 g/mol. The molecule has 0 saturated carbocycles. The van der Waals surface area contributed by atoms with Crippen molar-refractivity contribution in [3.05, 3.63) is 89.2 Å². The summed E-state index contributed by atoms with van der Waals surface area (Å²) in [6.07, 6.45) is 0. The summed E-state index contributed by atoms with van der Waals surface area (Å²) in [4.78, 5) is 12.4. The molecule has 0 aliphatic rings. The highest BCUT2D eigenvalue weighted by Gasteiger charge is 2.17. The van der Waals surface area contributed by atoms with Crippen LogP contribution < -0.4 is 5.32 Å². The van der Waals surface area contributed by atoms with E-state index in [0.717, 1.165) is 5.56 Å². The Bertz CT molecular complexity index is 895. The summed E-state index contributed by atoms with van der Waals surface area (Å²) in [7, 11) is 0. The Balaban J connectivity index is 1.79. The van der Waals surface area contributed by atoms with Crippen molar-refractivity contribution in [3.63, 3.8) is 0 Å². The third-order valence-corrected chi connectivity index (χ3v) is 4.30. The van der Waals surface area contributed by atoms with Crippen molar-refractivity contribution in [2.24, 2.45) is 0 Å². The minimum Gasteiger partial charge on any atom is -0.326 e. The van der Waals surface area contributed by atoms with Gasteiger partial charge in [-0.15, -0.1) is 0 Å². The van der Waals surface area contributed by atoms with Gasteiger partial charge in [0.2, 0.25) is 5.91 Å². The second-order valence-electron chi connectivity index (χ2n) is 5.83. The summed E-state index contributed by atoms with van der Waals surface area (Å²) in [5, 5.41) is 3.35. The van der Waals surface area contributed by atoms with Crippen LogP contribution in [-0.4, -0.2) is 5.91 Å². The molecule has 0 radical (unpaired) electrons. The Labute approximate surface area is 151 Å². The van der Waals surface area contributed by atoms with Crippen molar-refractivity contribution < 1.29 is 9.18 Å². The van der Waals surface area contributed by atoms with E-state index in [1.807, 2.05) is 30.3 Å². The van der Waals surface area contributed by atoms with Crippen LogP contribution >= 0.6 is 11.6 Å². The minimum absolute atomic E-state index is 0.214. The molecule has 3 aromatic rings. The van der Waals surface area contributed by atoms with E-state index in [9.17, 15) is 9.18 Å². The average molecular weight is 354 g/mol. The molecule has 0 aliphatic carbocycles. The molecule has 3 aromatic carbocycles. The second-order valence-corrected chi connectivity index (χ2v) is 6.26. The van der Waals surface area contributed by atoms with Crippen LogP contribution in [0.15, 0.2) is 72.8 Å². The Morgan fingerprint density at radius 3 is 2.44 bits per heavy atom. The van der Waals surface area contributed by atoms with Gasteiger partial charge in [0.05, 0.1) is 5.92 Å². The van der Waals surface area contributed by atoms with E-state index in [1.54, 1.807) is 43.3 Å². The van der Waals surface area contributed by atoms with E-state index in [4.69, 9.17) is 11.6 Å². The highest BCUT2D eigenvalue weighted by molar-refractivity contribution is 6.30. The number of anilines is 1. The number of carbonyl (C=O) groups excluding carboxylic acids is 1. The number of halogens is 2. The van der Waals surface area contributed by atoms with Crippen molar-refractivity contribution in [1.29, 1.82) is 0 Å². The number of hydrogen-bond donors (Lipinski definition) is 1. The molecule has 1 atom stereocenters. The molecule has 0 aliphatic heterocycles. The maximum absolute atomic E-state index is 14.5. The molecule has 0 aromatic heterocycles. The first kappa shape index (κ1) is 17.2. The molecule has 4 heteroatoms. The van der Waals surface area contributed by atoms with Crippen molar-refractivity contribution in [1.82, 2.24) is 0 Å². The van der Waals surface area contributed by atoms with Gasteiger partial charge in [-0.25, -0.2) is 4.39 Å². The van der Waals surface area contributed by atoms with Gasteiger partial charge in [-0.2, -0.15) is 0 Å². The molecule has 3 rings (SSSR count). The van der Waals surface area contributed by atoms with E-state index in [0.29, 0.717) is 21.8 Å². The number of hydrogen-bond acceptors (Lipinski definition) is 1. The summed E-state index contributed by atoms with van der Waals surface area (Å²) >= 11 is 5.92. The van der Waals surface area contributed by atoms with Gasteiger partial charge in [0, 0.05) is 16.3 Å². The molecule has 0 unspecified atom stereocenters. The highest BCUT2D eigenvalue weighted by atomic mass is 35.5. The fraction of sp³-hybridized carbons (Fsp3) is 0.0952. The van der Waals surface area contributed by atoms with E-state index >= 15 is 0 Å². The Morgan fingerprint density at radius 2 is 1.76 bits per heavy atom. The third-order valence-electron chi connectivity index (χ3n) is 4.06. The Hall–Kier alpha value is -2.65.